The minimum atomic E-state index is -0.789. The Labute approximate surface area is 98.9 Å². The summed E-state index contributed by atoms with van der Waals surface area (Å²) in [5.41, 5.74) is -1.21. The Morgan fingerprint density at radius 3 is 2.76 bits per heavy atom. The van der Waals surface area contributed by atoms with E-state index in [1.165, 1.54) is 6.92 Å². The van der Waals surface area contributed by atoms with Gasteiger partial charge in [-0.2, -0.15) is 0 Å². The molecule has 3 fully saturated rings. The molecule has 17 heavy (non-hydrogen) atoms. The fourth-order valence-electron chi connectivity index (χ4n) is 3.39. The number of carbonyl (C=O) groups is 2. The van der Waals surface area contributed by atoms with Gasteiger partial charge >= 0.3 is 5.97 Å². The van der Waals surface area contributed by atoms with Crippen molar-refractivity contribution in [2.75, 3.05) is 32.8 Å². The molecule has 3 aliphatic heterocycles. The van der Waals surface area contributed by atoms with E-state index in [-0.39, 0.29) is 18.4 Å². The third kappa shape index (κ3) is 1.22. The average molecular weight is 240 g/mol. The normalized spacial score (nSPS) is 37.9. The smallest absolute Gasteiger partial charge is 0.313 e. The highest BCUT2D eigenvalue weighted by Crippen LogP contribution is 2.51. The van der Waals surface area contributed by atoms with Gasteiger partial charge in [-0.15, -0.1) is 0 Å². The molecule has 0 saturated carbocycles. The topological polar surface area (TPSA) is 78.9 Å². The van der Waals surface area contributed by atoms with Gasteiger partial charge < -0.3 is 20.1 Å². The molecule has 1 amide bonds. The molecular formula is C11H16N2O4. The van der Waals surface area contributed by atoms with Gasteiger partial charge in [0, 0.05) is 25.9 Å². The van der Waals surface area contributed by atoms with Crippen molar-refractivity contribution in [2.24, 2.45) is 11.3 Å². The summed E-state index contributed by atoms with van der Waals surface area (Å²) in [5, 5.41) is 12.6. The van der Waals surface area contributed by atoms with Crippen LogP contribution in [-0.4, -0.2) is 60.3 Å². The maximum Gasteiger partial charge on any atom is 0.313 e. The molecule has 2 N–H and O–H groups in total. The van der Waals surface area contributed by atoms with Crippen LogP contribution in [0.25, 0.3) is 0 Å². The molecule has 0 aliphatic carbocycles. The van der Waals surface area contributed by atoms with Gasteiger partial charge in [0.15, 0.2) is 0 Å². The molecular weight excluding hydrogens is 224 g/mol. The molecule has 3 aliphatic rings. The number of nitrogens with zero attached hydrogens (tertiary/aromatic N) is 1. The maximum absolute atomic E-state index is 11.4. The van der Waals surface area contributed by atoms with Gasteiger partial charge in [0.2, 0.25) is 5.91 Å². The molecule has 0 unspecified atom stereocenters. The van der Waals surface area contributed by atoms with Crippen molar-refractivity contribution in [2.45, 2.75) is 12.5 Å². The van der Waals surface area contributed by atoms with Crippen molar-refractivity contribution >= 4 is 11.9 Å². The summed E-state index contributed by atoms with van der Waals surface area (Å²) in [6.45, 7) is 3.98. The van der Waals surface area contributed by atoms with E-state index >= 15 is 0 Å². The summed E-state index contributed by atoms with van der Waals surface area (Å²) in [5.74, 6) is -0.785. The number of carbonyl (C=O) groups excluding carboxylic acids is 1. The van der Waals surface area contributed by atoms with Crippen LogP contribution in [0.1, 0.15) is 6.92 Å². The van der Waals surface area contributed by atoms with Crippen LogP contribution in [0.15, 0.2) is 0 Å². The minimum absolute atomic E-state index is 0.0249. The van der Waals surface area contributed by atoms with Gasteiger partial charge in [0.25, 0.3) is 0 Å². The summed E-state index contributed by atoms with van der Waals surface area (Å²) >= 11 is 0. The van der Waals surface area contributed by atoms with E-state index in [4.69, 9.17) is 4.74 Å². The quantitative estimate of drug-likeness (QED) is 0.609. The zero-order valence-corrected chi connectivity index (χ0v) is 9.73. The van der Waals surface area contributed by atoms with Crippen LogP contribution in [-0.2, 0) is 14.3 Å². The molecule has 6 heteroatoms. The first-order chi connectivity index (χ1) is 8.00. The molecule has 3 saturated heterocycles. The molecule has 0 aromatic rings. The van der Waals surface area contributed by atoms with Crippen molar-refractivity contribution in [1.82, 2.24) is 10.2 Å². The van der Waals surface area contributed by atoms with Crippen LogP contribution in [0.5, 0.6) is 0 Å². The number of carboxylic acid groups (broad SMARTS) is 1. The van der Waals surface area contributed by atoms with Crippen molar-refractivity contribution < 1.29 is 19.4 Å². The van der Waals surface area contributed by atoms with Crippen molar-refractivity contribution in [3.63, 3.8) is 0 Å². The molecule has 1 spiro atoms. The Kier molecular flexibility index (Phi) is 2.07. The molecule has 0 aromatic heterocycles. The van der Waals surface area contributed by atoms with E-state index in [2.05, 4.69) is 5.32 Å². The van der Waals surface area contributed by atoms with Crippen molar-refractivity contribution in [3.8, 4) is 0 Å². The third-order valence-electron chi connectivity index (χ3n) is 4.50. The lowest BCUT2D eigenvalue weighted by atomic mass is 9.69. The van der Waals surface area contributed by atoms with E-state index in [0.29, 0.717) is 26.2 Å². The van der Waals surface area contributed by atoms with Crippen LogP contribution in [0.3, 0.4) is 0 Å². The zero-order valence-electron chi connectivity index (χ0n) is 9.73. The molecule has 3 heterocycles. The number of aliphatic carboxylic acids is 1. The van der Waals surface area contributed by atoms with Crippen LogP contribution < -0.4 is 5.32 Å². The summed E-state index contributed by atoms with van der Waals surface area (Å²) in [7, 11) is 0. The fourth-order valence-corrected chi connectivity index (χ4v) is 3.39. The summed E-state index contributed by atoms with van der Waals surface area (Å²) in [6, 6.07) is 0. The maximum atomic E-state index is 11.4. The van der Waals surface area contributed by atoms with Gasteiger partial charge in [-0.3, -0.25) is 9.59 Å². The number of hydrogen-bond acceptors (Lipinski definition) is 4. The number of nitrogens with one attached hydrogen (secondary N) is 1. The van der Waals surface area contributed by atoms with E-state index in [9.17, 15) is 14.7 Å². The first-order valence-corrected chi connectivity index (χ1v) is 5.84. The Hall–Kier alpha value is -1.14. The average Bonchev–Trinajstić information content (AvgIpc) is 2.70. The van der Waals surface area contributed by atoms with E-state index in [1.807, 2.05) is 0 Å². The Morgan fingerprint density at radius 1 is 1.47 bits per heavy atom. The molecule has 94 valence electrons. The van der Waals surface area contributed by atoms with Crippen molar-refractivity contribution in [3.05, 3.63) is 0 Å². The van der Waals surface area contributed by atoms with Gasteiger partial charge in [-0.1, -0.05) is 0 Å². The minimum Gasteiger partial charge on any atom is -0.481 e. The standard InChI is InChI=1S/C11H16N2O4/c1-7(14)13-4-11(5-13)8-2-12-3-10(8,6-17-11)9(15)16/h8,12H,2-6H2,1H3,(H,15,16)/t8-,10+/m0/s1. The van der Waals surface area contributed by atoms with Crippen LogP contribution >= 0.6 is 0 Å². The number of amides is 1. The number of hydrogen-bond donors (Lipinski definition) is 2. The van der Waals surface area contributed by atoms with Crippen LogP contribution in [0.2, 0.25) is 0 Å². The van der Waals surface area contributed by atoms with Gasteiger partial charge in [-0.05, 0) is 0 Å². The fraction of sp³-hybridized carbons (Fsp3) is 0.818. The number of carboxylic acids is 1. The second kappa shape index (κ2) is 3.20. The van der Waals surface area contributed by atoms with E-state index < -0.39 is 17.0 Å². The Bertz CT molecular complexity index is 391. The SMILES string of the molecule is CC(=O)N1CC2(C1)OC[C@]1(C(=O)O)CNC[C@H]21. The largest absolute Gasteiger partial charge is 0.481 e. The second-order valence-electron chi connectivity index (χ2n) is 5.37. The number of likely N-dealkylation sites (tertiary alicyclic amines) is 1. The van der Waals surface area contributed by atoms with Crippen LogP contribution in [0.4, 0.5) is 0 Å². The lowest BCUT2D eigenvalue weighted by Crippen LogP contribution is -2.67. The first kappa shape index (κ1) is 11.0. The monoisotopic (exact) mass is 240 g/mol. The summed E-state index contributed by atoms with van der Waals surface area (Å²) in [4.78, 5) is 24.4. The van der Waals surface area contributed by atoms with Gasteiger partial charge in [-0.25, -0.2) is 0 Å². The second-order valence-corrected chi connectivity index (χ2v) is 5.37. The number of fused-ring (bicyclic) bond motifs is 2. The van der Waals surface area contributed by atoms with Crippen LogP contribution in [0, 0.1) is 11.3 Å². The first-order valence-electron chi connectivity index (χ1n) is 5.84. The lowest BCUT2D eigenvalue weighted by Gasteiger charge is -2.50. The van der Waals surface area contributed by atoms with Gasteiger partial charge in [0.1, 0.15) is 11.0 Å². The highest BCUT2D eigenvalue weighted by Gasteiger charge is 2.68. The van der Waals surface area contributed by atoms with Gasteiger partial charge in [0.05, 0.1) is 19.7 Å². The molecule has 0 radical (unpaired) electrons. The Morgan fingerprint density at radius 2 is 2.18 bits per heavy atom. The molecule has 6 nitrogen and oxygen atoms in total. The number of rotatable bonds is 1. The number of ether oxygens (including phenoxy) is 1. The lowest BCUT2D eigenvalue weighted by molar-refractivity contribution is -0.162. The molecule has 2 atom stereocenters. The predicted molar refractivity (Wildman–Crippen MR) is 57.4 cm³/mol. The Balaban J connectivity index is 1.83. The molecule has 3 rings (SSSR count). The van der Waals surface area contributed by atoms with E-state index in [0.717, 1.165) is 0 Å². The third-order valence-corrected chi connectivity index (χ3v) is 4.50. The summed E-state index contributed by atoms with van der Waals surface area (Å²) < 4.78 is 5.77. The predicted octanol–water partition coefficient (Wildman–Crippen LogP) is -1.09. The molecule has 0 bridgehead atoms. The zero-order chi connectivity index (χ0) is 12.3. The molecule has 0 aromatic carbocycles. The van der Waals surface area contributed by atoms with E-state index in [1.54, 1.807) is 4.90 Å². The summed E-state index contributed by atoms with van der Waals surface area (Å²) in [6.07, 6.45) is 0. The van der Waals surface area contributed by atoms with Crippen molar-refractivity contribution in [1.29, 1.82) is 0 Å². The highest BCUT2D eigenvalue weighted by atomic mass is 16.5. The highest BCUT2D eigenvalue weighted by molar-refractivity contribution is 5.78.